The highest BCUT2D eigenvalue weighted by Gasteiger charge is 2.17. The quantitative estimate of drug-likeness (QED) is 0.668. The lowest BCUT2D eigenvalue weighted by molar-refractivity contribution is 0.112. The average molecular weight is 255 g/mol. The number of hydrogen-bond donors (Lipinski definition) is 0. The lowest BCUT2D eigenvalue weighted by Gasteiger charge is -2.31. The summed E-state index contributed by atoms with van der Waals surface area (Å²) in [5.41, 5.74) is 0. The van der Waals surface area contributed by atoms with E-state index in [9.17, 15) is 4.79 Å². The van der Waals surface area contributed by atoms with Gasteiger partial charge in [-0.25, -0.2) is 0 Å². The molecule has 1 heterocycles. The number of thiophene rings is 1. The first-order valence-corrected chi connectivity index (χ1v) is 6.89. The van der Waals surface area contributed by atoms with Crippen LogP contribution < -0.4 is 4.90 Å². The third kappa shape index (κ3) is 3.82. The third-order valence-electron chi connectivity index (χ3n) is 2.93. The Morgan fingerprint density at radius 3 is 2.59 bits per heavy atom. The highest BCUT2D eigenvalue weighted by molar-refractivity contribution is 7.17. The van der Waals surface area contributed by atoms with E-state index in [0.717, 1.165) is 35.6 Å². The molecule has 0 bridgehead atoms. The van der Waals surface area contributed by atoms with E-state index in [1.54, 1.807) is 18.4 Å². The van der Waals surface area contributed by atoms with Crippen LogP contribution in [0.25, 0.3) is 0 Å². The van der Waals surface area contributed by atoms with Crippen molar-refractivity contribution >= 4 is 22.6 Å². The number of ether oxygens (including phenoxy) is 1. The van der Waals surface area contributed by atoms with Crippen LogP contribution in [0.1, 0.15) is 36.4 Å². The molecule has 1 rings (SSSR count). The highest BCUT2D eigenvalue weighted by atomic mass is 32.1. The minimum absolute atomic E-state index is 0.517. The van der Waals surface area contributed by atoms with Crippen LogP contribution in [-0.2, 0) is 4.74 Å². The molecule has 0 unspecified atom stereocenters. The van der Waals surface area contributed by atoms with Crippen molar-refractivity contribution in [3.8, 4) is 0 Å². The van der Waals surface area contributed by atoms with Gasteiger partial charge in [0.15, 0.2) is 6.29 Å². The topological polar surface area (TPSA) is 29.5 Å². The van der Waals surface area contributed by atoms with E-state index in [0.29, 0.717) is 12.6 Å². The van der Waals surface area contributed by atoms with Gasteiger partial charge in [0.2, 0.25) is 0 Å². The molecule has 3 nitrogen and oxygen atoms in total. The van der Waals surface area contributed by atoms with Crippen molar-refractivity contribution in [2.45, 2.75) is 32.7 Å². The van der Waals surface area contributed by atoms with Crippen LogP contribution in [0.3, 0.4) is 0 Å². The summed E-state index contributed by atoms with van der Waals surface area (Å²) in [5, 5.41) is 1.16. The lowest BCUT2D eigenvalue weighted by atomic mass is 10.1. The minimum atomic E-state index is 0.517. The van der Waals surface area contributed by atoms with Crippen LogP contribution in [0.2, 0.25) is 0 Å². The molecule has 0 aliphatic rings. The van der Waals surface area contributed by atoms with Crippen molar-refractivity contribution in [3.63, 3.8) is 0 Å². The summed E-state index contributed by atoms with van der Waals surface area (Å²) in [6.45, 7) is 5.98. The zero-order valence-electron chi connectivity index (χ0n) is 10.8. The Bertz CT molecular complexity index is 334. The van der Waals surface area contributed by atoms with Gasteiger partial charge in [0, 0.05) is 19.7 Å². The van der Waals surface area contributed by atoms with Crippen LogP contribution in [-0.4, -0.2) is 32.6 Å². The average Bonchev–Trinajstić information content (AvgIpc) is 2.83. The number of anilines is 1. The highest BCUT2D eigenvalue weighted by Crippen LogP contribution is 2.28. The molecule has 0 fully saturated rings. The molecule has 0 saturated carbocycles. The molecule has 0 N–H and O–H groups in total. The zero-order chi connectivity index (χ0) is 12.7. The van der Waals surface area contributed by atoms with E-state index < -0.39 is 0 Å². The van der Waals surface area contributed by atoms with Gasteiger partial charge in [-0.2, -0.15) is 0 Å². The monoisotopic (exact) mass is 255 g/mol. The Kier molecular flexibility index (Phi) is 6.22. The summed E-state index contributed by atoms with van der Waals surface area (Å²) in [6, 6.07) is 4.43. The largest absolute Gasteiger partial charge is 0.383 e. The number of carbonyl (C=O) groups is 1. The predicted octanol–water partition coefficient (Wildman–Crippen LogP) is 3.20. The van der Waals surface area contributed by atoms with Crippen LogP contribution in [0, 0.1) is 0 Å². The van der Waals surface area contributed by atoms with Crippen molar-refractivity contribution < 1.29 is 9.53 Å². The van der Waals surface area contributed by atoms with E-state index in [-0.39, 0.29) is 0 Å². The van der Waals surface area contributed by atoms with E-state index in [1.807, 2.05) is 12.1 Å². The van der Waals surface area contributed by atoms with Crippen molar-refractivity contribution in [1.82, 2.24) is 0 Å². The molecule has 4 heteroatoms. The van der Waals surface area contributed by atoms with E-state index in [4.69, 9.17) is 4.74 Å². The van der Waals surface area contributed by atoms with Gasteiger partial charge >= 0.3 is 0 Å². The summed E-state index contributed by atoms with van der Waals surface area (Å²) >= 11 is 1.55. The Morgan fingerprint density at radius 1 is 1.41 bits per heavy atom. The molecule has 0 aromatic carbocycles. The van der Waals surface area contributed by atoms with Gasteiger partial charge in [0.1, 0.15) is 0 Å². The normalized spacial score (nSPS) is 10.8. The second-order valence-electron chi connectivity index (χ2n) is 3.95. The number of rotatable bonds is 8. The first-order chi connectivity index (χ1) is 8.26. The van der Waals surface area contributed by atoms with Gasteiger partial charge in [0.05, 0.1) is 16.5 Å². The fourth-order valence-electron chi connectivity index (χ4n) is 1.95. The predicted molar refractivity (Wildman–Crippen MR) is 73.3 cm³/mol. The van der Waals surface area contributed by atoms with Crippen LogP contribution in [0.4, 0.5) is 5.00 Å². The molecule has 0 radical (unpaired) electrons. The second-order valence-corrected chi connectivity index (χ2v) is 5.04. The summed E-state index contributed by atoms with van der Waals surface area (Å²) in [6.07, 6.45) is 3.12. The van der Waals surface area contributed by atoms with Gasteiger partial charge < -0.3 is 9.64 Å². The maximum atomic E-state index is 10.7. The molecule has 1 aromatic rings. The molecule has 0 spiro atoms. The van der Waals surface area contributed by atoms with Crippen LogP contribution >= 0.6 is 11.3 Å². The first-order valence-electron chi connectivity index (χ1n) is 6.07. The molecule has 0 aliphatic heterocycles. The summed E-state index contributed by atoms with van der Waals surface area (Å²) < 4.78 is 5.16. The number of nitrogens with zero attached hydrogens (tertiary/aromatic N) is 1. The molecule has 0 atom stereocenters. The van der Waals surface area contributed by atoms with Crippen molar-refractivity contribution in [3.05, 3.63) is 17.0 Å². The molecular formula is C13H21NO2S. The van der Waals surface area contributed by atoms with Crippen LogP contribution in [0.5, 0.6) is 0 Å². The Hall–Kier alpha value is -0.870. The molecule has 0 saturated heterocycles. The lowest BCUT2D eigenvalue weighted by Crippen LogP contribution is -2.36. The molecule has 17 heavy (non-hydrogen) atoms. The maximum Gasteiger partial charge on any atom is 0.160 e. The number of aldehydes is 1. The van der Waals surface area contributed by atoms with E-state index >= 15 is 0 Å². The molecule has 0 aliphatic carbocycles. The standard InChI is InChI=1S/C13H21NO2S/c1-4-11(5-2)14(8-9-16-3)13-7-6-12(10-15)17-13/h6-7,10-11H,4-5,8-9H2,1-3H3. The van der Waals surface area contributed by atoms with Gasteiger partial charge in [-0.3, -0.25) is 4.79 Å². The Balaban J connectivity index is 2.83. The third-order valence-corrected chi connectivity index (χ3v) is 3.98. The van der Waals surface area contributed by atoms with Gasteiger partial charge in [0.25, 0.3) is 0 Å². The van der Waals surface area contributed by atoms with Crippen LogP contribution in [0.15, 0.2) is 12.1 Å². The molecule has 96 valence electrons. The zero-order valence-corrected chi connectivity index (χ0v) is 11.6. The summed E-state index contributed by atoms with van der Waals surface area (Å²) in [4.78, 5) is 13.9. The molecule has 0 amide bonds. The minimum Gasteiger partial charge on any atom is -0.383 e. The van der Waals surface area contributed by atoms with Gasteiger partial charge in [-0.15, -0.1) is 11.3 Å². The van der Waals surface area contributed by atoms with Crippen molar-refractivity contribution in [2.75, 3.05) is 25.2 Å². The van der Waals surface area contributed by atoms with E-state index in [2.05, 4.69) is 18.7 Å². The smallest absolute Gasteiger partial charge is 0.160 e. The first kappa shape index (κ1) is 14.2. The summed E-state index contributed by atoms with van der Waals surface area (Å²) in [5.74, 6) is 0. The summed E-state index contributed by atoms with van der Waals surface area (Å²) in [7, 11) is 1.72. The molecule has 1 aromatic heterocycles. The van der Waals surface area contributed by atoms with Crippen molar-refractivity contribution in [1.29, 1.82) is 0 Å². The maximum absolute atomic E-state index is 10.7. The fraction of sp³-hybridized carbons (Fsp3) is 0.615. The van der Waals surface area contributed by atoms with Crippen molar-refractivity contribution in [2.24, 2.45) is 0 Å². The Labute approximate surface area is 107 Å². The van der Waals surface area contributed by atoms with E-state index in [1.165, 1.54) is 0 Å². The number of methoxy groups -OCH3 is 1. The van der Waals surface area contributed by atoms with Gasteiger partial charge in [-0.1, -0.05) is 13.8 Å². The second kappa shape index (κ2) is 7.45. The number of carbonyl (C=O) groups excluding carboxylic acids is 1. The fourth-order valence-corrected chi connectivity index (χ4v) is 2.87. The Morgan fingerprint density at radius 2 is 2.12 bits per heavy atom. The SMILES string of the molecule is CCC(CC)N(CCOC)c1ccc(C=O)s1. The number of hydrogen-bond acceptors (Lipinski definition) is 4. The van der Waals surface area contributed by atoms with Gasteiger partial charge in [-0.05, 0) is 25.0 Å². The molecular weight excluding hydrogens is 234 g/mol.